The third-order valence-corrected chi connectivity index (χ3v) is 6.12. The van der Waals surface area contributed by atoms with Gasteiger partial charge in [0.1, 0.15) is 5.56 Å². The Kier molecular flexibility index (Phi) is 2.54. The van der Waals surface area contributed by atoms with E-state index in [-0.39, 0.29) is 0 Å². The first-order valence-electron chi connectivity index (χ1n) is 7.81. The molecule has 0 saturated heterocycles. The molecule has 4 aliphatic carbocycles. The number of carbonyl (C=O) groups is 1. The van der Waals surface area contributed by atoms with Crippen molar-refractivity contribution in [3.8, 4) is 0 Å². The third kappa shape index (κ3) is 1.60. The topological polar surface area (TPSA) is 55.1 Å². The minimum atomic E-state index is -0.806. The van der Waals surface area contributed by atoms with Gasteiger partial charge in [-0.05, 0) is 62.7 Å². The predicted molar refractivity (Wildman–Crippen MR) is 74.7 cm³/mol. The van der Waals surface area contributed by atoms with Crippen molar-refractivity contribution in [2.45, 2.75) is 44.9 Å². The van der Waals surface area contributed by atoms with Crippen LogP contribution in [0.5, 0.6) is 0 Å². The molecule has 1 heterocycles. The average molecular weight is 274 g/mol. The van der Waals surface area contributed by atoms with Gasteiger partial charge < -0.3 is 5.11 Å². The van der Waals surface area contributed by atoms with Crippen molar-refractivity contribution in [2.24, 2.45) is 30.7 Å². The molecule has 0 atom stereocenters. The first-order chi connectivity index (χ1) is 9.54. The summed E-state index contributed by atoms with van der Waals surface area (Å²) in [6, 6.07) is 0. The molecule has 4 saturated carbocycles. The summed E-state index contributed by atoms with van der Waals surface area (Å²) in [5.41, 5.74) is 2.15. The fourth-order valence-corrected chi connectivity index (χ4v) is 5.50. The van der Waals surface area contributed by atoms with Gasteiger partial charge in [-0.1, -0.05) is 0 Å². The molecule has 0 amide bonds. The number of hydrogen-bond donors (Lipinski definition) is 1. The van der Waals surface area contributed by atoms with E-state index < -0.39 is 5.97 Å². The number of aromatic nitrogens is 2. The minimum Gasteiger partial charge on any atom is -0.478 e. The molecule has 0 unspecified atom stereocenters. The summed E-state index contributed by atoms with van der Waals surface area (Å²) in [6.45, 7) is 1.87. The van der Waals surface area contributed by atoms with Crippen LogP contribution in [0, 0.1) is 30.6 Å². The summed E-state index contributed by atoms with van der Waals surface area (Å²) in [4.78, 5) is 11.6. The van der Waals surface area contributed by atoms with Crippen LogP contribution >= 0.6 is 0 Å². The van der Waals surface area contributed by atoms with Gasteiger partial charge in [-0.2, -0.15) is 5.10 Å². The Morgan fingerprint density at radius 1 is 1.15 bits per heavy atom. The van der Waals surface area contributed by atoms with Gasteiger partial charge >= 0.3 is 5.97 Å². The summed E-state index contributed by atoms with van der Waals surface area (Å²) in [6.07, 6.45) is 6.62. The molecule has 0 aliphatic heterocycles. The van der Waals surface area contributed by atoms with E-state index in [0.717, 1.165) is 23.2 Å². The Hall–Kier alpha value is -1.32. The van der Waals surface area contributed by atoms with Gasteiger partial charge in [0.25, 0.3) is 0 Å². The molecule has 4 heteroatoms. The normalized spacial score (nSPS) is 38.4. The van der Waals surface area contributed by atoms with E-state index in [1.807, 2.05) is 14.0 Å². The summed E-state index contributed by atoms with van der Waals surface area (Å²) >= 11 is 0. The highest BCUT2D eigenvalue weighted by Gasteiger charge is 2.50. The lowest BCUT2D eigenvalue weighted by Gasteiger charge is -2.54. The van der Waals surface area contributed by atoms with E-state index in [4.69, 9.17) is 0 Å². The lowest BCUT2D eigenvalue weighted by molar-refractivity contribution is -0.00466. The quantitative estimate of drug-likeness (QED) is 0.902. The van der Waals surface area contributed by atoms with E-state index in [9.17, 15) is 9.90 Å². The van der Waals surface area contributed by atoms with Crippen molar-refractivity contribution in [1.82, 2.24) is 9.78 Å². The maximum Gasteiger partial charge on any atom is 0.339 e. The van der Waals surface area contributed by atoms with Gasteiger partial charge in [0, 0.05) is 18.7 Å². The van der Waals surface area contributed by atoms with Crippen molar-refractivity contribution in [3.05, 3.63) is 17.0 Å². The molecule has 20 heavy (non-hydrogen) atoms. The highest BCUT2D eigenvalue weighted by Crippen LogP contribution is 2.59. The maximum absolute atomic E-state index is 11.6. The van der Waals surface area contributed by atoms with Crippen LogP contribution in [0.2, 0.25) is 0 Å². The second-order valence-corrected chi connectivity index (χ2v) is 7.23. The monoisotopic (exact) mass is 274 g/mol. The average Bonchev–Trinajstić information content (AvgIpc) is 2.64. The van der Waals surface area contributed by atoms with Crippen LogP contribution < -0.4 is 0 Å². The van der Waals surface area contributed by atoms with Gasteiger partial charge in [-0.3, -0.25) is 4.68 Å². The number of hydrogen-bond acceptors (Lipinski definition) is 2. The zero-order chi connectivity index (χ0) is 14.0. The smallest absolute Gasteiger partial charge is 0.339 e. The largest absolute Gasteiger partial charge is 0.478 e. The van der Waals surface area contributed by atoms with Gasteiger partial charge in [0.15, 0.2) is 0 Å². The molecule has 4 bridgehead atoms. The standard InChI is InChI=1S/C16H22N2O2/c1-8-13(16(19)20)15(17-18(8)2)14-11-4-9-3-10(6-11)7-12(14)5-9/h9-12,14H,3-7H2,1-2H3,(H,19,20). The lowest BCUT2D eigenvalue weighted by Crippen LogP contribution is -2.44. The summed E-state index contributed by atoms with van der Waals surface area (Å²) in [5, 5.41) is 14.2. The van der Waals surface area contributed by atoms with E-state index in [1.165, 1.54) is 32.1 Å². The molecular formula is C16H22N2O2. The number of carboxylic acid groups (broad SMARTS) is 1. The number of aromatic carboxylic acids is 1. The number of carboxylic acids is 1. The van der Waals surface area contributed by atoms with Crippen molar-refractivity contribution in [2.75, 3.05) is 0 Å². The maximum atomic E-state index is 11.6. The van der Waals surface area contributed by atoms with E-state index in [1.54, 1.807) is 4.68 Å². The molecule has 0 radical (unpaired) electrons. The molecule has 4 fully saturated rings. The van der Waals surface area contributed by atoms with Crippen LogP contribution in [-0.4, -0.2) is 20.9 Å². The fraction of sp³-hybridized carbons (Fsp3) is 0.750. The highest BCUT2D eigenvalue weighted by molar-refractivity contribution is 5.90. The summed E-state index contributed by atoms with van der Waals surface area (Å²) < 4.78 is 1.75. The second-order valence-electron chi connectivity index (χ2n) is 7.23. The van der Waals surface area contributed by atoms with Gasteiger partial charge in [-0.15, -0.1) is 0 Å². The highest BCUT2D eigenvalue weighted by atomic mass is 16.4. The van der Waals surface area contributed by atoms with Gasteiger partial charge in [-0.25, -0.2) is 4.79 Å². The van der Waals surface area contributed by atoms with Crippen LogP contribution in [0.25, 0.3) is 0 Å². The van der Waals surface area contributed by atoms with Gasteiger partial charge in [0.05, 0.1) is 5.69 Å². The van der Waals surface area contributed by atoms with Crippen LogP contribution in [0.15, 0.2) is 0 Å². The van der Waals surface area contributed by atoms with E-state index >= 15 is 0 Å². The Morgan fingerprint density at radius 3 is 2.20 bits per heavy atom. The molecule has 1 aromatic rings. The van der Waals surface area contributed by atoms with Crippen LogP contribution in [0.3, 0.4) is 0 Å². The molecule has 0 aromatic carbocycles. The van der Waals surface area contributed by atoms with Crippen molar-refractivity contribution < 1.29 is 9.90 Å². The SMILES string of the molecule is Cc1c(C(=O)O)c(C2C3CC4CC(C3)CC2C4)nn1C. The summed E-state index contributed by atoms with van der Waals surface area (Å²) in [7, 11) is 1.86. The molecule has 4 aliphatic rings. The van der Waals surface area contributed by atoms with Crippen molar-refractivity contribution in [1.29, 1.82) is 0 Å². The molecule has 1 aromatic heterocycles. The van der Waals surface area contributed by atoms with Gasteiger partial charge in [0.2, 0.25) is 0 Å². The van der Waals surface area contributed by atoms with Crippen molar-refractivity contribution >= 4 is 5.97 Å². The number of nitrogens with zero attached hydrogens (tertiary/aromatic N) is 2. The lowest BCUT2D eigenvalue weighted by atomic mass is 9.51. The molecular weight excluding hydrogens is 252 g/mol. The zero-order valence-corrected chi connectivity index (χ0v) is 12.2. The Balaban J connectivity index is 1.78. The molecule has 0 spiro atoms. The fourth-order valence-electron chi connectivity index (χ4n) is 5.50. The second kappa shape index (κ2) is 4.09. The first-order valence-corrected chi connectivity index (χ1v) is 7.81. The molecule has 1 N–H and O–H groups in total. The predicted octanol–water partition coefficient (Wildman–Crippen LogP) is 2.97. The third-order valence-electron chi connectivity index (χ3n) is 6.12. The van der Waals surface area contributed by atoms with Crippen LogP contribution in [0.4, 0.5) is 0 Å². The summed E-state index contributed by atoms with van der Waals surface area (Å²) in [5.74, 6) is 2.77. The zero-order valence-electron chi connectivity index (χ0n) is 12.2. The Morgan fingerprint density at radius 2 is 1.70 bits per heavy atom. The molecule has 5 rings (SSSR count). The van der Waals surface area contributed by atoms with Crippen LogP contribution in [0.1, 0.15) is 59.8 Å². The Bertz CT molecular complexity index is 547. The number of rotatable bonds is 2. The first kappa shape index (κ1) is 12.4. The Labute approximate surface area is 119 Å². The van der Waals surface area contributed by atoms with E-state index in [2.05, 4.69) is 5.10 Å². The molecule has 4 nitrogen and oxygen atoms in total. The van der Waals surface area contributed by atoms with Crippen molar-refractivity contribution in [3.63, 3.8) is 0 Å². The van der Waals surface area contributed by atoms with E-state index in [0.29, 0.717) is 23.3 Å². The van der Waals surface area contributed by atoms with Crippen LogP contribution in [-0.2, 0) is 7.05 Å². The minimum absolute atomic E-state index is 0.397. The number of aryl methyl sites for hydroxylation is 1. The molecule has 108 valence electrons.